The molecule has 0 aliphatic rings. The Labute approximate surface area is 61.1 Å². The van der Waals surface area contributed by atoms with Crippen LogP contribution in [0.25, 0.3) is 0 Å². The van der Waals surface area contributed by atoms with Crippen molar-refractivity contribution < 1.29 is 27.4 Å². The Balaban J connectivity index is 3.74. The second-order valence-corrected chi connectivity index (χ2v) is 1.56. The molecule has 0 aromatic heterocycles. The predicted octanol–water partition coefficient (Wildman–Crippen LogP) is 1.72. The highest BCUT2D eigenvalue weighted by atomic mass is 19.3. The van der Waals surface area contributed by atoms with Crippen LogP contribution in [0.1, 0.15) is 6.92 Å². The molecule has 0 aliphatic carbocycles. The largest absolute Gasteiger partial charge is 0.513 e. The summed E-state index contributed by atoms with van der Waals surface area (Å²) in [5, 5.41) is 0. The summed E-state index contributed by atoms with van der Waals surface area (Å²) in [4.78, 5) is 10.1. The Hall–Kier alpha value is -0.940. The second-order valence-electron chi connectivity index (χ2n) is 1.56. The number of ether oxygens (including phenoxy) is 2. The third-order valence-electron chi connectivity index (χ3n) is 0.650. The Bertz CT molecular complexity index is 137. The fourth-order valence-electron chi connectivity index (χ4n) is 0.297. The molecule has 11 heavy (non-hydrogen) atoms. The highest BCUT2D eigenvalue weighted by molar-refractivity contribution is 5.60. The molecule has 0 heterocycles. The van der Waals surface area contributed by atoms with E-state index in [0.717, 1.165) is 0 Å². The molecule has 0 N–H and O–H groups in total. The minimum atomic E-state index is -4.08. The number of hydrogen-bond acceptors (Lipinski definition) is 3. The summed E-state index contributed by atoms with van der Waals surface area (Å²) in [6.45, 7) is -0.734. The molecule has 0 saturated heterocycles. The maximum atomic E-state index is 11.8. The van der Waals surface area contributed by atoms with Crippen LogP contribution in [-0.2, 0) is 9.47 Å². The standard InChI is InChI=1S/C5H7F3O3/c1-2-10-4(9)11-5(7,8)3-6/h2-3H2,1H3. The molecule has 3 nitrogen and oxygen atoms in total. The molecule has 0 aliphatic heterocycles. The maximum absolute atomic E-state index is 11.8. The molecule has 0 rings (SSSR count). The summed E-state index contributed by atoms with van der Waals surface area (Å²) in [7, 11) is 0. The van der Waals surface area contributed by atoms with E-state index in [1.807, 2.05) is 0 Å². The normalized spacial score (nSPS) is 10.9. The summed E-state index contributed by atoms with van der Waals surface area (Å²) in [6, 6.07) is 0. The second kappa shape index (κ2) is 4.05. The molecule has 0 aromatic rings. The van der Waals surface area contributed by atoms with Crippen LogP contribution < -0.4 is 0 Å². The lowest BCUT2D eigenvalue weighted by molar-refractivity contribution is -0.219. The molecule has 0 amide bonds. The zero-order chi connectivity index (χ0) is 8.91. The lowest BCUT2D eigenvalue weighted by atomic mass is 10.7. The topological polar surface area (TPSA) is 35.5 Å². The zero-order valence-electron chi connectivity index (χ0n) is 5.77. The number of rotatable bonds is 3. The quantitative estimate of drug-likeness (QED) is 0.608. The first-order valence-electron chi connectivity index (χ1n) is 2.81. The van der Waals surface area contributed by atoms with E-state index >= 15 is 0 Å². The molecule has 0 bridgehead atoms. The van der Waals surface area contributed by atoms with E-state index in [2.05, 4.69) is 9.47 Å². The lowest BCUT2D eigenvalue weighted by Gasteiger charge is -2.11. The highest BCUT2D eigenvalue weighted by Gasteiger charge is 2.34. The maximum Gasteiger partial charge on any atom is 0.513 e. The van der Waals surface area contributed by atoms with Gasteiger partial charge >= 0.3 is 12.3 Å². The van der Waals surface area contributed by atoms with Gasteiger partial charge in [-0.2, -0.15) is 8.78 Å². The van der Waals surface area contributed by atoms with Crippen molar-refractivity contribution in [2.24, 2.45) is 0 Å². The average molecular weight is 172 g/mol. The van der Waals surface area contributed by atoms with Gasteiger partial charge in [-0.3, -0.25) is 0 Å². The van der Waals surface area contributed by atoms with Gasteiger partial charge in [-0.15, -0.1) is 0 Å². The number of alkyl halides is 3. The van der Waals surface area contributed by atoms with Crippen LogP contribution >= 0.6 is 0 Å². The number of carbonyl (C=O) groups is 1. The van der Waals surface area contributed by atoms with Crippen LogP contribution in [0.2, 0.25) is 0 Å². The zero-order valence-corrected chi connectivity index (χ0v) is 5.77. The molecule has 0 saturated carbocycles. The van der Waals surface area contributed by atoms with E-state index < -0.39 is 18.9 Å². The number of halogens is 3. The van der Waals surface area contributed by atoms with Crippen molar-refractivity contribution >= 4 is 6.16 Å². The van der Waals surface area contributed by atoms with Gasteiger partial charge in [0.1, 0.15) is 0 Å². The summed E-state index contributed by atoms with van der Waals surface area (Å²) < 4.78 is 42.2. The van der Waals surface area contributed by atoms with Gasteiger partial charge in [0.05, 0.1) is 6.61 Å². The first kappa shape index (κ1) is 10.1. The molecule has 6 heteroatoms. The fourth-order valence-corrected chi connectivity index (χ4v) is 0.297. The van der Waals surface area contributed by atoms with Gasteiger partial charge in [0.15, 0.2) is 6.67 Å². The van der Waals surface area contributed by atoms with Crippen molar-refractivity contribution in [1.29, 1.82) is 0 Å². The Morgan fingerprint density at radius 1 is 1.55 bits per heavy atom. The molecular weight excluding hydrogens is 165 g/mol. The third-order valence-corrected chi connectivity index (χ3v) is 0.650. The van der Waals surface area contributed by atoms with Gasteiger partial charge < -0.3 is 9.47 Å². The van der Waals surface area contributed by atoms with E-state index in [-0.39, 0.29) is 6.61 Å². The SMILES string of the molecule is CCOC(=O)OC(F)(F)CF. The highest BCUT2D eigenvalue weighted by Crippen LogP contribution is 2.16. The molecule has 0 aromatic carbocycles. The molecule has 0 unspecified atom stereocenters. The van der Waals surface area contributed by atoms with Crippen LogP contribution in [0.3, 0.4) is 0 Å². The van der Waals surface area contributed by atoms with E-state index in [1.165, 1.54) is 6.92 Å². The van der Waals surface area contributed by atoms with Gasteiger partial charge in [0, 0.05) is 0 Å². The first-order valence-corrected chi connectivity index (χ1v) is 2.81. The molecule has 0 atom stereocenters. The smallest absolute Gasteiger partial charge is 0.434 e. The van der Waals surface area contributed by atoms with Crippen LogP contribution in [0.5, 0.6) is 0 Å². The minimum absolute atomic E-state index is 0.0960. The van der Waals surface area contributed by atoms with Crippen LogP contribution in [0, 0.1) is 0 Å². The van der Waals surface area contributed by atoms with Crippen LogP contribution in [0.4, 0.5) is 18.0 Å². The molecular formula is C5H7F3O3. The van der Waals surface area contributed by atoms with Crippen molar-refractivity contribution in [2.75, 3.05) is 13.3 Å². The van der Waals surface area contributed by atoms with Gasteiger partial charge in [0.25, 0.3) is 0 Å². The fraction of sp³-hybridized carbons (Fsp3) is 0.800. The molecule has 0 radical (unpaired) electrons. The van der Waals surface area contributed by atoms with Gasteiger partial charge in [-0.1, -0.05) is 0 Å². The van der Waals surface area contributed by atoms with Gasteiger partial charge in [0.2, 0.25) is 0 Å². The Morgan fingerprint density at radius 3 is 2.45 bits per heavy atom. The molecule has 0 spiro atoms. The summed E-state index contributed by atoms with van der Waals surface area (Å²) in [6.07, 6.45) is -5.65. The van der Waals surface area contributed by atoms with Crippen molar-refractivity contribution in [3.63, 3.8) is 0 Å². The van der Waals surface area contributed by atoms with Gasteiger partial charge in [-0.05, 0) is 6.92 Å². The van der Waals surface area contributed by atoms with E-state index in [1.54, 1.807) is 0 Å². The first-order chi connectivity index (χ1) is 5.02. The van der Waals surface area contributed by atoms with Crippen molar-refractivity contribution in [2.45, 2.75) is 13.0 Å². The Kier molecular flexibility index (Phi) is 3.70. The summed E-state index contributed by atoms with van der Waals surface area (Å²) in [5.74, 6) is 0. The summed E-state index contributed by atoms with van der Waals surface area (Å²) in [5.41, 5.74) is 0. The molecule has 66 valence electrons. The minimum Gasteiger partial charge on any atom is -0.434 e. The average Bonchev–Trinajstić information content (AvgIpc) is 1.87. The van der Waals surface area contributed by atoms with Crippen molar-refractivity contribution in [3.8, 4) is 0 Å². The van der Waals surface area contributed by atoms with E-state index in [9.17, 15) is 18.0 Å². The Morgan fingerprint density at radius 2 is 2.09 bits per heavy atom. The van der Waals surface area contributed by atoms with E-state index in [4.69, 9.17) is 0 Å². The molecule has 0 fully saturated rings. The van der Waals surface area contributed by atoms with Crippen LogP contribution in [0.15, 0.2) is 0 Å². The monoisotopic (exact) mass is 172 g/mol. The summed E-state index contributed by atoms with van der Waals surface area (Å²) >= 11 is 0. The van der Waals surface area contributed by atoms with E-state index in [0.29, 0.717) is 0 Å². The number of hydrogen-bond donors (Lipinski definition) is 0. The number of carbonyl (C=O) groups excluding carboxylic acids is 1. The third kappa shape index (κ3) is 4.46. The predicted molar refractivity (Wildman–Crippen MR) is 29.0 cm³/mol. The van der Waals surface area contributed by atoms with Crippen molar-refractivity contribution in [3.05, 3.63) is 0 Å². The van der Waals surface area contributed by atoms with Crippen LogP contribution in [-0.4, -0.2) is 25.5 Å². The van der Waals surface area contributed by atoms with Gasteiger partial charge in [-0.25, -0.2) is 9.18 Å². The van der Waals surface area contributed by atoms with Crippen molar-refractivity contribution in [1.82, 2.24) is 0 Å². The lowest BCUT2D eigenvalue weighted by Crippen LogP contribution is -2.27.